The first-order valence-electron chi connectivity index (χ1n) is 7.86. The Kier molecular flexibility index (Phi) is 4.92. The topological polar surface area (TPSA) is 61.4 Å². The minimum Gasteiger partial charge on any atom is -0.363 e. The average molecular weight is 398 g/mol. The summed E-state index contributed by atoms with van der Waals surface area (Å²) in [7, 11) is 0. The van der Waals surface area contributed by atoms with E-state index < -0.39 is 40.6 Å². The fraction of sp³-hybridized carbons (Fsp3) is 0.222. The van der Waals surface area contributed by atoms with E-state index in [1.807, 2.05) is 0 Å². The second-order valence-corrected chi connectivity index (χ2v) is 6.51. The van der Waals surface area contributed by atoms with Crippen molar-refractivity contribution in [1.82, 2.24) is 10.6 Å². The monoisotopic (exact) mass is 398 g/mol. The summed E-state index contributed by atoms with van der Waals surface area (Å²) in [6, 6.07) is 10.6. The van der Waals surface area contributed by atoms with Gasteiger partial charge in [0.2, 0.25) is 5.72 Å². The first-order valence-corrected chi connectivity index (χ1v) is 8.27. The summed E-state index contributed by atoms with van der Waals surface area (Å²) in [6.45, 7) is 0. The van der Waals surface area contributed by atoms with Crippen molar-refractivity contribution in [2.24, 2.45) is 5.92 Å². The zero-order chi connectivity index (χ0) is 19.8. The largest absolute Gasteiger partial charge is 0.437 e. The molecule has 1 saturated heterocycles. The summed E-state index contributed by atoms with van der Waals surface area (Å²) < 4.78 is 54.5. The second-order valence-electron chi connectivity index (χ2n) is 6.10. The molecule has 1 fully saturated rings. The minimum atomic E-state index is -5.20. The molecule has 0 spiro atoms. The standard InChI is InChI=1S/C18H14F4N2O2S/c19-12-8-6-10(7-9-12)14-13(15(25)11-4-2-1-3-5-11)17(26,18(20,21)22)24-16(27)23-14/h1-9,13-14,26H,(H2,23,24,27)/t13-,14+,17-/m0/s1. The number of hydrogen-bond donors (Lipinski definition) is 3. The van der Waals surface area contributed by atoms with Crippen LogP contribution < -0.4 is 10.6 Å². The highest BCUT2D eigenvalue weighted by Gasteiger charge is 2.65. The van der Waals surface area contributed by atoms with Crippen LogP contribution in [0.1, 0.15) is 22.0 Å². The van der Waals surface area contributed by atoms with Crippen LogP contribution in [-0.4, -0.2) is 27.9 Å². The van der Waals surface area contributed by atoms with Crippen molar-refractivity contribution in [1.29, 1.82) is 0 Å². The molecule has 0 unspecified atom stereocenters. The lowest BCUT2D eigenvalue weighted by Crippen LogP contribution is -2.72. The third kappa shape index (κ3) is 3.52. The van der Waals surface area contributed by atoms with Crippen molar-refractivity contribution in [3.8, 4) is 0 Å². The highest BCUT2D eigenvalue weighted by Crippen LogP contribution is 2.43. The molecule has 2 aromatic carbocycles. The molecule has 0 aliphatic carbocycles. The van der Waals surface area contributed by atoms with E-state index in [4.69, 9.17) is 12.2 Å². The normalized spacial score (nSPS) is 25.4. The summed E-state index contributed by atoms with van der Waals surface area (Å²) in [6.07, 6.45) is -5.20. The van der Waals surface area contributed by atoms with Gasteiger partial charge >= 0.3 is 6.18 Å². The summed E-state index contributed by atoms with van der Waals surface area (Å²) in [4.78, 5) is 13.0. The smallest absolute Gasteiger partial charge is 0.363 e. The number of benzene rings is 2. The molecule has 3 rings (SSSR count). The van der Waals surface area contributed by atoms with Gasteiger partial charge in [-0.25, -0.2) is 4.39 Å². The fourth-order valence-electron chi connectivity index (χ4n) is 3.07. The molecule has 3 atom stereocenters. The summed E-state index contributed by atoms with van der Waals surface area (Å²) >= 11 is 4.81. The van der Waals surface area contributed by atoms with E-state index >= 15 is 0 Å². The van der Waals surface area contributed by atoms with E-state index in [0.717, 1.165) is 12.1 Å². The van der Waals surface area contributed by atoms with Crippen LogP contribution in [0.3, 0.4) is 0 Å². The van der Waals surface area contributed by atoms with Crippen LogP contribution in [0.5, 0.6) is 0 Å². The van der Waals surface area contributed by atoms with Gasteiger partial charge in [-0.15, -0.1) is 0 Å². The molecule has 1 heterocycles. The number of carbonyl (C=O) groups is 1. The van der Waals surface area contributed by atoms with E-state index in [-0.39, 0.29) is 11.1 Å². The zero-order valence-electron chi connectivity index (χ0n) is 13.6. The Morgan fingerprint density at radius 2 is 1.67 bits per heavy atom. The van der Waals surface area contributed by atoms with Gasteiger partial charge in [-0.3, -0.25) is 4.79 Å². The van der Waals surface area contributed by atoms with Gasteiger partial charge in [0, 0.05) is 5.56 Å². The fourth-order valence-corrected chi connectivity index (χ4v) is 3.35. The van der Waals surface area contributed by atoms with Gasteiger partial charge in [0.1, 0.15) is 11.7 Å². The number of aliphatic hydroxyl groups is 1. The lowest BCUT2D eigenvalue weighted by Gasteiger charge is -2.46. The van der Waals surface area contributed by atoms with Gasteiger partial charge in [0.05, 0.1) is 6.04 Å². The van der Waals surface area contributed by atoms with E-state index in [1.165, 1.54) is 36.4 Å². The molecule has 0 aromatic heterocycles. The maximum Gasteiger partial charge on any atom is 0.437 e. The first kappa shape index (κ1) is 19.2. The highest BCUT2D eigenvalue weighted by molar-refractivity contribution is 7.80. The van der Waals surface area contributed by atoms with Crippen LogP contribution in [0.25, 0.3) is 0 Å². The number of thiocarbonyl (C=S) groups is 1. The molecule has 4 nitrogen and oxygen atoms in total. The predicted molar refractivity (Wildman–Crippen MR) is 93.3 cm³/mol. The number of rotatable bonds is 3. The van der Waals surface area contributed by atoms with Gasteiger partial charge in [-0.1, -0.05) is 42.5 Å². The Balaban J connectivity index is 2.15. The molecule has 2 aromatic rings. The molecule has 0 saturated carbocycles. The number of nitrogens with one attached hydrogen (secondary N) is 2. The first-order chi connectivity index (χ1) is 12.6. The van der Waals surface area contributed by atoms with Crippen molar-refractivity contribution in [2.75, 3.05) is 0 Å². The maximum atomic E-state index is 13.8. The van der Waals surface area contributed by atoms with Crippen molar-refractivity contribution < 1.29 is 27.5 Å². The van der Waals surface area contributed by atoms with E-state index in [0.29, 0.717) is 0 Å². The van der Waals surface area contributed by atoms with Gasteiger partial charge in [-0.2, -0.15) is 13.2 Å². The van der Waals surface area contributed by atoms with Gasteiger partial charge in [-0.05, 0) is 29.9 Å². The van der Waals surface area contributed by atoms with Crippen molar-refractivity contribution >= 4 is 23.1 Å². The predicted octanol–water partition coefficient (Wildman–Crippen LogP) is 3.09. The molecule has 0 radical (unpaired) electrons. The molecule has 0 amide bonds. The number of carbonyl (C=O) groups excluding carboxylic acids is 1. The van der Waals surface area contributed by atoms with Crippen LogP contribution in [0.2, 0.25) is 0 Å². The van der Waals surface area contributed by atoms with Crippen LogP contribution in [0.15, 0.2) is 54.6 Å². The average Bonchev–Trinajstić information content (AvgIpc) is 2.61. The number of ketones is 1. The summed E-state index contributed by atoms with van der Waals surface area (Å²) in [5.74, 6) is -3.53. The lowest BCUT2D eigenvalue weighted by molar-refractivity contribution is -0.285. The zero-order valence-corrected chi connectivity index (χ0v) is 14.4. The quantitative estimate of drug-likeness (QED) is 0.421. The minimum absolute atomic E-state index is 0.00583. The third-order valence-electron chi connectivity index (χ3n) is 4.38. The number of alkyl halides is 3. The Bertz CT molecular complexity index is 858. The molecule has 3 N–H and O–H groups in total. The summed E-state index contributed by atoms with van der Waals surface area (Å²) in [5.41, 5.74) is -3.42. The highest BCUT2D eigenvalue weighted by atomic mass is 32.1. The maximum absolute atomic E-state index is 13.8. The molecule has 1 aliphatic rings. The Morgan fingerprint density at radius 1 is 1.07 bits per heavy atom. The van der Waals surface area contributed by atoms with Gasteiger partial charge < -0.3 is 15.7 Å². The Hall–Kier alpha value is -2.52. The number of hydrogen-bond acceptors (Lipinski definition) is 3. The Labute approximate surface area is 157 Å². The van der Waals surface area contributed by atoms with Crippen LogP contribution in [-0.2, 0) is 0 Å². The van der Waals surface area contributed by atoms with Crippen molar-refractivity contribution in [3.63, 3.8) is 0 Å². The van der Waals surface area contributed by atoms with Gasteiger partial charge in [0.25, 0.3) is 0 Å². The lowest BCUT2D eigenvalue weighted by atomic mass is 9.77. The second kappa shape index (κ2) is 6.90. The SMILES string of the molecule is O=C(c1ccccc1)[C@@H]1[C@@H](c2ccc(F)cc2)NC(=S)N[C@@]1(O)C(F)(F)F. The van der Waals surface area contributed by atoms with Crippen LogP contribution in [0, 0.1) is 11.7 Å². The Morgan fingerprint density at radius 3 is 2.22 bits per heavy atom. The molecule has 1 aliphatic heterocycles. The van der Waals surface area contributed by atoms with E-state index in [2.05, 4.69) is 5.32 Å². The van der Waals surface area contributed by atoms with Gasteiger partial charge in [0.15, 0.2) is 10.9 Å². The van der Waals surface area contributed by atoms with Crippen molar-refractivity contribution in [3.05, 3.63) is 71.5 Å². The molecule has 142 valence electrons. The third-order valence-corrected chi connectivity index (χ3v) is 4.60. The van der Waals surface area contributed by atoms with E-state index in [1.54, 1.807) is 11.4 Å². The van der Waals surface area contributed by atoms with Crippen LogP contribution in [0.4, 0.5) is 17.6 Å². The molecule has 9 heteroatoms. The van der Waals surface area contributed by atoms with Crippen LogP contribution >= 0.6 is 12.2 Å². The molecule has 27 heavy (non-hydrogen) atoms. The molecular weight excluding hydrogens is 384 g/mol. The molecular formula is C18H14F4N2O2S. The summed E-state index contributed by atoms with van der Waals surface area (Å²) in [5, 5.41) is 14.4. The van der Waals surface area contributed by atoms with Crippen molar-refractivity contribution in [2.45, 2.75) is 17.9 Å². The number of Topliss-reactive ketones (excluding diaryl/α,β-unsaturated/α-hetero) is 1. The van der Waals surface area contributed by atoms with E-state index in [9.17, 15) is 27.5 Å². The number of halogens is 4. The molecule has 0 bridgehead atoms.